The minimum atomic E-state index is -4.59. The van der Waals surface area contributed by atoms with Crippen molar-refractivity contribution in [1.29, 1.82) is 0 Å². The average Bonchev–Trinajstić information content (AvgIpc) is 2.52. The molecule has 0 saturated carbocycles. The number of halogens is 4. The van der Waals surface area contributed by atoms with E-state index in [0.29, 0.717) is 11.4 Å². The largest absolute Gasteiger partial charge is 0.417 e. The molecule has 3 amide bonds. The molecule has 0 aromatic heterocycles. The Bertz CT molecular complexity index is 867. The Morgan fingerprint density at radius 3 is 2.31 bits per heavy atom. The lowest BCUT2D eigenvalue weighted by Crippen LogP contribution is -2.19. The standard InChI is InChI=1S/C17H13ClF3N3O2/c18-14-6-4-10(8-13(14)17(19,20)21)5-7-15(25)23-11-2-1-3-12(9-11)24-16(22)26/h1-9H,(H,23,25)(H3,22,24,26)/b7-5+. The fraction of sp³-hybridized carbons (Fsp3) is 0.0588. The van der Waals surface area contributed by atoms with E-state index in [4.69, 9.17) is 17.3 Å². The Labute approximate surface area is 151 Å². The maximum absolute atomic E-state index is 12.8. The predicted octanol–water partition coefficient (Wildman–Crippen LogP) is 4.50. The van der Waals surface area contributed by atoms with Gasteiger partial charge in [0, 0.05) is 17.5 Å². The highest BCUT2D eigenvalue weighted by Crippen LogP contribution is 2.35. The van der Waals surface area contributed by atoms with Crippen molar-refractivity contribution in [2.24, 2.45) is 5.73 Å². The molecule has 0 aliphatic carbocycles. The highest BCUT2D eigenvalue weighted by molar-refractivity contribution is 6.31. The molecule has 2 aromatic carbocycles. The van der Waals surface area contributed by atoms with Gasteiger partial charge in [-0.25, -0.2) is 4.79 Å². The minimum absolute atomic E-state index is 0.168. The van der Waals surface area contributed by atoms with Gasteiger partial charge in [0.25, 0.3) is 0 Å². The van der Waals surface area contributed by atoms with E-state index < -0.39 is 28.7 Å². The van der Waals surface area contributed by atoms with E-state index in [1.54, 1.807) is 18.2 Å². The van der Waals surface area contributed by atoms with Crippen LogP contribution in [-0.4, -0.2) is 11.9 Å². The van der Waals surface area contributed by atoms with Crippen LogP contribution in [0.15, 0.2) is 48.5 Å². The summed E-state index contributed by atoms with van der Waals surface area (Å²) in [4.78, 5) is 22.7. The number of rotatable bonds is 4. The lowest BCUT2D eigenvalue weighted by molar-refractivity contribution is -0.137. The molecule has 0 heterocycles. The van der Waals surface area contributed by atoms with E-state index in [1.165, 1.54) is 18.2 Å². The van der Waals surface area contributed by atoms with Crippen LogP contribution in [0.3, 0.4) is 0 Å². The molecule has 4 N–H and O–H groups in total. The van der Waals surface area contributed by atoms with Gasteiger partial charge in [0.15, 0.2) is 0 Å². The maximum Gasteiger partial charge on any atom is 0.417 e. The summed E-state index contributed by atoms with van der Waals surface area (Å²) < 4.78 is 38.4. The van der Waals surface area contributed by atoms with E-state index in [0.717, 1.165) is 18.2 Å². The summed E-state index contributed by atoms with van der Waals surface area (Å²) in [5, 5.41) is 4.45. The van der Waals surface area contributed by atoms with E-state index in [9.17, 15) is 22.8 Å². The second kappa shape index (κ2) is 7.92. The lowest BCUT2D eigenvalue weighted by Gasteiger charge is -2.09. The number of hydrogen-bond donors (Lipinski definition) is 3. The third-order valence-corrected chi connectivity index (χ3v) is 3.45. The van der Waals surface area contributed by atoms with Crippen LogP contribution >= 0.6 is 11.6 Å². The van der Waals surface area contributed by atoms with Crippen LogP contribution in [0, 0.1) is 0 Å². The predicted molar refractivity (Wildman–Crippen MR) is 93.8 cm³/mol. The summed E-state index contributed by atoms with van der Waals surface area (Å²) in [5.41, 5.74) is 4.95. The van der Waals surface area contributed by atoms with Gasteiger partial charge < -0.3 is 16.4 Å². The molecule has 0 aliphatic heterocycles. The summed E-state index contributed by atoms with van der Waals surface area (Å²) >= 11 is 5.54. The highest BCUT2D eigenvalue weighted by atomic mass is 35.5. The summed E-state index contributed by atoms with van der Waals surface area (Å²) in [5.74, 6) is -0.565. The van der Waals surface area contributed by atoms with Crippen molar-refractivity contribution in [2.45, 2.75) is 6.18 Å². The first-order valence-corrected chi connectivity index (χ1v) is 7.55. The second-order valence-corrected chi connectivity index (χ2v) is 5.54. The van der Waals surface area contributed by atoms with Crippen molar-refractivity contribution in [2.75, 3.05) is 10.6 Å². The summed E-state index contributed by atoms with van der Waals surface area (Å²) in [7, 11) is 0. The van der Waals surface area contributed by atoms with Gasteiger partial charge >= 0.3 is 12.2 Å². The molecule has 136 valence electrons. The quantitative estimate of drug-likeness (QED) is 0.679. The number of carbonyl (C=O) groups is 2. The first kappa shape index (κ1) is 19.3. The van der Waals surface area contributed by atoms with Gasteiger partial charge in [-0.3, -0.25) is 4.79 Å². The Balaban J connectivity index is 2.09. The van der Waals surface area contributed by atoms with Gasteiger partial charge in [-0.2, -0.15) is 13.2 Å². The molecule has 2 aromatic rings. The van der Waals surface area contributed by atoms with Crippen LogP contribution in [0.2, 0.25) is 5.02 Å². The average molecular weight is 384 g/mol. The van der Waals surface area contributed by atoms with Crippen molar-refractivity contribution >= 4 is 41.0 Å². The van der Waals surface area contributed by atoms with Gasteiger partial charge in [-0.1, -0.05) is 23.7 Å². The van der Waals surface area contributed by atoms with E-state index in [1.807, 2.05) is 0 Å². The smallest absolute Gasteiger partial charge is 0.351 e. The topological polar surface area (TPSA) is 84.2 Å². The Hall–Kier alpha value is -3.00. The molecule has 0 saturated heterocycles. The highest BCUT2D eigenvalue weighted by Gasteiger charge is 2.33. The SMILES string of the molecule is NC(=O)Nc1cccc(NC(=O)/C=C/c2ccc(Cl)c(C(F)(F)F)c2)c1. The monoisotopic (exact) mass is 383 g/mol. The molecular formula is C17H13ClF3N3O2. The number of anilines is 2. The third-order valence-electron chi connectivity index (χ3n) is 3.12. The zero-order chi connectivity index (χ0) is 19.3. The van der Waals surface area contributed by atoms with Crippen molar-refractivity contribution in [3.63, 3.8) is 0 Å². The number of hydrogen-bond acceptors (Lipinski definition) is 2. The summed E-state index contributed by atoms with van der Waals surface area (Å²) in [6.45, 7) is 0. The number of amides is 3. The van der Waals surface area contributed by atoms with E-state index >= 15 is 0 Å². The molecule has 0 unspecified atom stereocenters. The Morgan fingerprint density at radius 2 is 1.69 bits per heavy atom. The third kappa shape index (κ3) is 5.52. The normalized spacial score (nSPS) is 11.4. The molecule has 0 aliphatic rings. The zero-order valence-corrected chi connectivity index (χ0v) is 13.9. The number of nitrogens with two attached hydrogens (primary N) is 1. The fourth-order valence-electron chi connectivity index (χ4n) is 2.04. The van der Waals surface area contributed by atoms with Crippen LogP contribution in [-0.2, 0) is 11.0 Å². The molecule has 0 fully saturated rings. The molecule has 5 nitrogen and oxygen atoms in total. The van der Waals surface area contributed by atoms with Crippen molar-refractivity contribution in [3.8, 4) is 0 Å². The maximum atomic E-state index is 12.8. The summed E-state index contributed by atoms with van der Waals surface area (Å²) in [6, 6.07) is 8.77. The number of primary amides is 1. The molecule has 0 radical (unpaired) electrons. The van der Waals surface area contributed by atoms with Crippen LogP contribution < -0.4 is 16.4 Å². The van der Waals surface area contributed by atoms with Crippen LogP contribution in [0.5, 0.6) is 0 Å². The molecule has 26 heavy (non-hydrogen) atoms. The number of nitrogens with one attached hydrogen (secondary N) is 2. The van der Waals surface area contributed by atoms with Gasteiger partial charge in [-0.05, 0) is 42.0 Å². The molecule has 0 bridgehead atoms. The Morgan fingerprint density at radius 1 is 1.04 bits per heavy atom. The van der Waals surface area contributed by atoms with E-state index in [2.05, 4.69) is 10.6 Å². The minimum Gasteiger partial charge on any atom is -0.351 e. The molecule has 0 atom stereocenters. The number of carbonyl (C=O) groups excluding carboxylic acids is 2. The zero-order valence-electron chi connectivity index (χ0n) is 13.1. The van der Waals surface area contributed by atoms with Crippen molar-refractivity contribution in [3.05, 3.63) is 64.7 Å². The molecular weight excluding hydrogens is 371 g/mol. The van der Waals surface area contributed by atoms with Crippen molar-refractivity contribution in [1.82, 2.24) is 0 Å². The van der Waals surface area contributed by atoms with Crippen LogP contribution in [0.4, 0.5) is 29.3 Å². The van der Waals surface area contributed by atoms with Gasteiger partial charge in [-0.15, -0.1) is 0 Å². The first-order valence-electron chi connectivity index (χ1n) is 7.17. The molecule has 2 rings (SSSR count). The van der Waals surface area contributed by atoms with Crippen LogP contribution in [0.1, 0.15) is 11.1 Å². The van der Waals surface area contributed by atoms with Gasteiger partial charge in [0.05, 0.1) is 10.6 Å². The van der Waals surface area contributed by atoms with Gasteiger partial charge in [0.2, 0.25) is 5.91 Å². The number of benzene rings is 2. The van der Waals surface area contributed by atoms with Crippen molar-refractivity contribution < 1.29 is 22.8 Å². The fourth-order valence-corrected chi connectivity index (χ4v) is 2.26. The number of alkyl halides is 3. The number of urea groups is 1. The molecule has 9 heteroatoms. The molecule has 0 spiro atoms. The second-order valence-electron chi connectivity index (χ2n) is 5.13. The van der Waals surface area contributed by atoms with Gasteiger partial charge in [0.1, 0.15) is 0 Å². The lowest BCUT2D eigenvalue weighted by atomic mass is 10.1. The first-order chi connectivity index (χ1) is 12.1. The van der Waals surface area contributed by atoms with Crippen LogP contribution in [0.25, 0.3) is 6.08 Å². The Kier molecular flexibility index (Phi) is 5.89. The summed E-state index contributed by atoms with van der Waals surface area (Å²) in [6.07, 6.45) is -2.28. The van der Waals surface area contributed by atoms with E-state index in [-0.39, 0.29) is 5.56 Å².